The molecule has 1 unspecified atom stereocenters. The van der Waals surface area contributed by atoms with Crippen molar-refractivity contribution in [1.29, 1.82) is 0 Å². The number of rotatable bonds is 7. The van der Waals surface area contributed by atoms with E-state index in [1.807, 2.05) is 0 Å². The monoisotopic (exact) mass is 370 g/mol. The van der Waals surface area contributed by atoms with E-state index in [1.54, 1.807) is 6.92 Å². The SMILES string of the molecule is CC(=O)c1sc(NC(=O)CS(=O)Cc2ccc(C(=O)O)o2)nc1C. The molecular formula is C14H14N2O6S2. The van der Waals surface area contributed by atoms with Gasteiger partial charge in [0.05, 0.1) is 16.3 Å². The minimum Gasteiger partial charge on any atom is -0.475 e. The lowest BCUT2D eigenvalue weighted by Crippen LogP contribution is -2.20. The van der Waals surface area contributed by atoms with Gasteiger partial charge in [-0.1, -0.05) is 11.3 Å². The molecule has 0 aliphatic carbocycles. The van der Waals surface area contributed by atoms with E-state index >= 15 is 0 Å². The van der Waals surface area contributed by atoms with E-state index in [1.165, 1.54) is 19.1 Å². The third kappa shape index (κ3) is 4.59. The molecule has 2 heterocycles. The summed E-state index contributed by atoms with van der Waals surface area (Å²) in [6.45, 7) is 3.08. The van der Waals surface area contributed by atoms with Crippen molar-refractivity contribution < 1.29 is 28.1 Å². The summed E-state index contributed by atoms with van der Waals surface area (Å²) < 4.78 is 16.9. The van der Waals surface area contributed by atoms with Crippen LogP contribution in [-0.2, 0) is 21.3 Å². The summed E-state index contributed by atoms with van der Waals surface area (Å²) in [4.78, 5) is 38.4. The number of aromatic carboxylic acids is 1. The van der Waals surface area contributed by atoms with Crippen LogP contribution in [0.25, 0.3) is 0 Å². The van der Waals surface area contributed by atoms with Crippen LogP contribution in [0.4, 0.5) is 5.13 Å². The van der Waals surface area contributed by atoms with Crippen molar-refractivity contribution in [2.24, 2.45) is 0 Å². The molecule has 2 aromatic heterocycles. The maximum absolute atomic E-state index is 11.9. The molecule has 0 bridgehead atoms. The standard InChI is InChI=1S/C14H14N2O6S2/c1-7-12(8(2)17)23-14(15-7)16-11(18)6-24(21)5-9-3-4-10(22-9)13(19)20/h3-4H,5-6H2,1-2H3,(H,19,20)(H,15,16,18). The fraction of sp³-hybridized carbons (Fsp3) is 0.286. The number of carboxylic acid groups (broad SMARTS) is 1. The number of aryl methyl sites for hydroxylation is 1. The van der Waals surface area contributed by atoms with Gasteiger partial charge in [0.25, 0.3) is 0 Å². The number of hydrogen-bond donors (Lipinski definition) is 2. The lowest BCUT2D eigenvalue weighted by atomic mass is 10.3. The largest absolute Gasteiger partial charge is 0.475 e. The Bertz CT molecular complexity index is 823. The zero-order valence-corrected chi connectivity index (χ0v) is 14.5. The molecular weight excluding hydrogens is 356 g/mol. The number of anilines is 1. The highest BCUT2D eigenvalue weighted by Gasteiger charge is 2.16. The van der Waals surface area contributed by atoms with Gasteiger partial charge in [0.15, 0.2) is 10.9 Å². The second kappa shape index (κ2) is 7.49. The van der Waals surface area contributed by atoms with Gasteiger partial charge in [-0.2, -0.15) is 0 Å². The van der Waals surface area contributed by atoms with E-state index in [4.69, 9.17) is 9.52 Å². The summed E-state index contributed by atoms with van der Waals surface area (Å²) in [5.74, 6) is -2.26. The molecule has 0 spiro atoms. The Hall–Kier alpha value is -2.33. The maximum Gasteiger partial charge on any atom is 0.371 e. The van der Waals surface area contributed by atoms with Gasteiger partial charge in [-0.05, 0) is 19.1 Å². The Morgan fingerprint density at radius 2 is 2.08 bits per heavy atom. The number of furan rings is 1. The summed E-state index contributed by atoms with van der Waals surface area (Å²) in [5.41, 5.74) is 0.528. The Morgan fingerprint density at radius 3 is 2.62 bits per heavy atom. The number of thiazole rings is 1. The van der Waals surface area contributed by atoms with Crippen molar-refractivity contribution in [2.45, 2.75) is 19.6 Å². The molecule has 8 nitrogen and oxygen atoms in total. The topological polar surface area (TPSA) is 127 Å². The number of hydrogen-bond acceptors (Lipinski definition) is 7. The lowest BCUT2D eigenvalue weighted by molar-refractivity contribution is -0.113. The van der Waals surface area contributed by atoms with Gasteiger partial charge >= 0.3 is 5.97 Å². The third-order valence-electron chi connectivity index (χ3n) is 2.83. The van der Waals surface area contributed by atoms with Crippen LogP contribution in [0.1, 0.15) is 38.6 Å². The molecule has 2 aromatic rings. The summed E-state index contributed by atoms with van der Waals surface area (Å²) in [6, 6.07) is 2.67. The first-order valence-corrected chi connectivity index (χ1v) is 9.02. The molecule has 24 heavy (non-hydrogen) atoms. The fourth-order valence-corrected chi connectivity index (χ4v) is 3.68. The second-order valence-corrected chi connectivity index (χ2v) is 7.29. The Morgan fingerprint density at radius 1 is 1.38 bits per heavy atom. The van der Waals surface area contributed by atoms with Crippen molar-refractivity contribution in [3.8, 4) is 0 Å². The molecule has 0 aliphatic heterocycles. The van der Waals surface area contributed by atoms with E-state index < -0.39 is 22.7 Å². The van der Waals surface area contributed by atoms with Gasteiger partial charge in [-0.3, -0.25) is 13.8 Å². The van der Waals surface area contributed by atoms with Gasteiger partial charge in [0.1, 0.15) is 11.5 Å². The smallest absolute Gasteiger partial charge is 0.371 e. The van der Waals surface area contributed by atoms with Gasteiger partial charge in [-0.25, -0.2) is 9.78 Å². The van der Waals surface area contributed by atoms with Crippen LogP contribution in [0.5, 0.6) is 0 Å². The van der Waals surface area contributed by atoms with Crippen molar-refractivity contribution in [3.63, 3.8) is 0 Å². The van der Waals surface area contributed by atoms with Crippen LogP contribution < -0.4 is 5.32 Å². The zero-order valence-electron chi connectivity index (χ0n) is 12.8. The number of aromatic nitrogens is 1. The number of amides is 1. The number of Topliss-reactive ketones (excluding diaryl/α,β-unsaturated/α-hetero) is 1. The number of ketones is 1. The summed E-state index contributed by atoms with van der Waals surface area (Å²) in [5, 5.41) is 11.5. The predicted molar refractivity (Wildman–Crippen MR) is 87.9 cm³/mol. The first-order valence-electron chi connectivity index (χ1n) is 6.71. The molecule has 10 heteroatoms. The van der Waals surface area contributed by atoms with Crippen molar-refractivity contribution in [1.82, 2.24) is 4.98 Å². The van der Waals surface area contributed by atoms with Gasteiger partial charge in [-0.15, -0.1) is 0 Å². The minimum absolute atomic E-state index is 0.0731. The second-order valence-electron chi connectivity index (χ2n) is 4.84. The van der Waals surface area contributed by atoms with E-state index in [2.05, 4.69) is 10.3 Å². The molecule has 0 saturated carbocycles. The molecule has 2 N–H and O–H groups in total. The first kappa shape index (κ1) is 18.0. The van der Waals surface area contributed by atoms with Gasteiger partial charge < -0.3 is 14.8 Å². The highest BCUT2D eigenvalue weighted by atomic mass is 32.2. The maximum atomic E-state index is 11.9. The average molecular weight is 370 g/mol. The van der Waals surface area contributed by atoms with Crippen LogP contribution in [0.15, 0.2) is 16.5 Å². The molecule has 0 radical (unpaired) electrons. The molecule has 1 amide bonds. The van der Waals surface area contributed by atoms with Crippen LogP contribution in [-0.4, -0.2) is 37.7 Å². The fourth-order valence-electron chi connectivity index (χ4n) is 1.86. The summed E-state index contributed by atoms with van der Waals surface area (Å²) in [6.07, 6.45) is 0. The summed E-state index contributed by atoms with van der Waals surface area (Å²) >= 11 is 1.06. The van der Waals surface area contributed by atoms with Crippen molar-refractivity contribution in [3.05, 3.63) is 34.2 Å². The summed E-state index contributed by atoms with van der Waals surface area (Å²) in [7, 11) is -1.57. The molecule has 128 valence electrons. The quantitative estimate of drug-likeness (QED) is 0.712. The molecule has 0 fully saturated rings. The van der Waals surface area contributed by atoms with Crippen molar-refractivity contribution in [2.75, 3.05) is 11.1 Å². The highest BCUT2D eigenvalue weighted by molar-refractivity contribution is 7.84. The molecule has 0 aromatic carbocycles. The number of carbonyl (C=O) groups is 3. The van der Waals surface area contributed by atoms with Crippen LogP contribution in [0.2, 0.25) is 0 Å². The Balaban J connectivity index is 1.91. The lowest BCUT2D eigenvalue weighted by Gasteiger charge is -2.01. The van der Waals surface area contributed by atoms with E-state index in [0.29, 0.717) is 10.6 Å². The molecule has 2 rings (SSSR count). The zero-order chi connectivity index (χ0) is 17.9. The van der Waals surface area contributed by atoms with Crippen LogP contribution in [0, 0.1) is 6.92 Å². The van der Waals surface area contributed by atoms with E-state index in [-0.39, 0.29) is 33.9 Å². The Labute approximate surface area is 143 Å². The van der Waals surface area contributed by atoms with Crippen LogP contribution in [0.3, 0.4) is 0 Å². The molecule has 1 atom stereocenters. The number of nitrogens with zero attached hydrogens (tertiary/aromatic N) is 1. The molecule has 0 aliphatic rings. The van der Waals surface area contributed by atoms with E-state index in [0.717, 1.165) is 11.3 Å². The number of carbonyl (C=O) groups excluding carboxylic acids is 2. The first-order chi connectivity index (χ1) is 11.3. The average Bonchev–Trinajstić information content (AvgIpc) is 3.05. The van der Waals surface area contributed by atoms with Gasteiger partial charge in [0, 0.05) is 17.7 Å². The third-order valence-corrected chi connectivity index (χ3v) is 5.19. The highest BCUT2D eigenvalue weighted by Crippen LogP contribution is 2.22. The predicted octanol–water partition coefficient (Wildman–Crippen LogP) is 1.83. The van der Waals surface area contributed by atoms with Crippen LogP contribution >= 0.6 is 11.3 Å². The van der Waals surface area contributed by atoms with E-state index in [9.17, 15) is 18.6 Å². The molecule has 0 saturated heterocycles. The van der Waals surface area contributed by atoms with Gasteiger partial charge in [0.2, 0.25) is 11.7 Å². The normalized spacial score (nSPS) is 11.9. The number of nitrogens with one attached hydrogen (secondary N) is 1. The van der Waals surface area contributed by atoms with Crippen molar-refractivity contribution >= 4 is 44.9 Å². The Kier molecular flexibility index (Phi) is 5.62. The number of carboxylic acids is 1. The minimum atomic E-state index is -1.57.